The molecular weight excluding hydrogens is 269 g/mol. The predicted octanol–water partition coefficient (Wildman–Crippen LogP) is 4.08. The highest BCUT2D eigenvalue weighted by Crippen LogP contribution is 2.26. The minimum Gasteiger partial charge on any atom is -0.494 e. The van der Waals surface area contributed by atoms with Crippen LogP contribution >= 0.6 is 0 Å². The molecule has 3 aromatic rings. The third-order valence-corrected chi connectivity index (χ3v) is 3.19. The average Bonchev–Trinajstić information content (AvgIpc) is 2.97. The highest BCUT2D eigenvalue weighted by Gasteiger charge is 2.10. The monoisotopic (exact) mass is 283 g/mol. The number of aromatic nitrogens is 1. The summed E-state index contributed by atoms with van der Waals surface area (Å²) in [6.45, 7) is 0. The van der Waals surface area contributed by atoms with E-state index in [9.17, 15) is 4.39 Å². The first-order valence-electron chi connectivity index (χ1n) is 6.59. The maximum atomic E-state index is 13.7. The Morgan fingerprint density at radius 2 is 1.95 bits per heavy atom. The molecule has 0 amide bonds. The molecule has 106 valence electrons. The summed E-state index contributed by atoms with van der Waals surface area (Å²) in [6, 6.07) is 14.6. The van der Waals surface area contributed by atoms with E-state index in [0.29, 0.717) is 23.6 Å². The molecule has 0 atom stereocenters. The van der Waals surface area contributed by atoms with Crippen LogP contribution in [0.2, 0.25) is 0 Å². The summed E-state index contributed by atoms with van der Waals surface area (Å²) >= 11 is 0. The minimum atomic E-state index is -0.420. The van der Waals surface area contributed by atoms with Crippen LogP contribution in [0.25, 0.3) is 11.3 Å². The molecule has 3 nitrogen and oxygen atoms in total. The largest absolute Gasteiger partial charge is 0.494 e. The van der Waals surface area contributed by atoms with Crippen molar-refractivity contribution in [2.24, 2.45) is 0 Å². The lowest BCUT2D eigenvalue weighted by atomic mass is 10.1. The van der Waals surface area contributed by atoms with Crippen LogP contribution in [0.5, 0.6) is 5.75 Å². The zero-order valence-electron chi connectivity index (χ0n) is 11.5. The Bertz CT molecular complexity index is 738. The second-order valence-electron chi connectivity index (χ2n) is 4.63. The Morgan fingerprint density at radius 3 is 2.67 bits per heavy atom. The molecule has 4 heteroatoms. The zero-order chi connectivity index (χ0) is 14.7. The van der Waals surface area contributed by atoms with Crippen molar-refractivity contribution in [3.05, 3.63) is 72.0 Å². The Hall–Kier alpha value is -2.62. The van der Waals surface area contributed by atoms with Crippen molar-refractivity contribution in [3.63, 3.8) is 0 Å². The molecular formula is C17H14FNO2. The van der Waals surface area contributed by atoms with Gasteiger partial charge in [0.15, 0.2) is 23.2 Å². The first-order chi connectivity index (χ1) is 10.3. The molecule has 0 bridgehead atoms. The molecule has 0 saturated carbocycles. The molecule has 0 saturated heterocycles. The fraction of sp³-hybridized carbons (Fsp3) is 0.118. The molecule has 0 N–H and O–H groups in total. The second-order valence-corrected chi connectivity index (χ2v) is 4.63. The lowest BCUT2D eigenvalue weighted by Gasteiger charge is -2.02. The number of oxazole rings is 1. The molecule has 0 spiro atoms. The van der Waals surface area contributed by atoms with Crippen LogP contribution in [0.15, 0.2) is 59.1 Å². The second kappa shape index (κ2) is 5.79. The molecule has 1 aromatic heterocycles. The molecule has 3 rings (SSSR count). The summed E-state index contributed by atoms with van der Waals surface area (Å²) in [7, 11) is 1.44. The van der Waals surface area contributed by atoms with Gasteiger partial charge in [-0.25, -0.2) is 9.37 Å². The van der Waals surface area contributed by atoms with Crippen LogP contribution in [-0.4, -0.2) is 12.1 Å². The number of hydrogen-bond acceptors (Lipinski definition) is 3. The van der Waals surface area contributed by atoms with Gasteiger partial charge in [-0.15, -0.1) is 0 Å². The number of halogens is 1. The van der Waals surface area contributed by atoms with Crippen LogP contribution in [-0.2, 0) is 6.42 Å². The zero-order valence-corrected chi connectivity index (χ0v) is 11.5. The number of nitrogens with zero attached hydrogens (tertiary/aromatic N) is 1. The van der Waals surface area contributed by atoms with E-state index in [1.54, 1.807) is 18.3 Å². The molecule has 0 unspecified atom stereocenters. The highest BCUT2D eigenvalue weighted by atomic mass is 19.1. The van der Waals surface area contributed by atoms with Gasteiger partial charge in [0.1, 0.15) is 0 Å². The fourth-order valence-electron chi connectivity index (χ4n) is 2.12. The number of methoxy groups -OCH3 is 1. The van der Waals surface area contributed by atoms with E-state index in [1.165, 1.54) is 13.2 Å². The van der Waals surface area contributed by atoms with E-state index in [2.05, 4.69) is 4.98 Å². The van der Waals surface area contributed by atoms with Crippen molar-refractivity contribution in [1.82, 2.24) is 4.98 Å². The van der Waals surface area contributed by atoms with E-state index in [1.807, 2.05) is 30.3 Å². The Balaban J connectivity index is 1.83. The highest BCUT2D eigenvalue weighted by molar-refractivity contribution is 5.58. The summed E-state index contributed by atoms with van der Waals surface area (Å²) in [5.74, 6) is 0.939. The Morgan fingerprint density at radius 1 is 1.14 bits per heavy atom. The van der Waals surface area contributed by atoms with Crippen molar-refractivity contribution in [1.29, 1.82) is 0 Å². The molecule has 0 aliphatic rings. The van der Waals surface area contributed by atoms with Crippen LogP contribution < -0.4 is 4.74 Å². The van der Waals surface area contributed by atoms with Crippen LogP contribution in [0.1, 0.15) is 11.5 Å². The summed E-state index contributed by atoms with van der Waals surface area (Å²) < 4.78 is 24.3. The van der Waals surface area contributed by atoms with Crippen molar-refractivity contribution in [3.8, 4) is 17.1 Å². The average molecular weight is 283 g/mol. The normalized spacial score (nSPS) is 10.6. The topological polar surface area (TPSA) is 35.3 Å². The quantitative estimate of drug-likeness (QED) is 0.723. The van der Waals surface area contributed by atoms with E-state index in [0.717, 1.165) is 5.56 Å². The molecule has 1 heterocycles. The number of hydrogen-bond donors (Lipinski definition) is 0. The first-order valence-corrected chi connectivity index (χ1v) is 6.59. The van der Waals surface area contributed by atoms with Gasteiger partial charge in [-0.1, -0.05) is 30.3 Å². The fourth-order valence-corrected chi connectivity index (χ4v) is 2.12. The maximum absolute atomic E-state index is 13.7. The molecule has 0 aliphatic heterocycles. The number of rotatable bonds is 4. The molecule has 0 aliphatic carbocycles. The summed E-state index contributed by atoms with van der Waals surface area (Å²) in [4.78, 5) is 4.24. The van der Waals surface area contributed by atoms with Gasteiger partial charge in [-0.05, 0) is 23.8 Å². The van der Waals surface area contributed by atoms with E-state index >= 15 is 0 Å². The summed E-state index contributed by atoms with van der Waals surface area (Å²) in [5.41, 5.74) is 1.76. The Kier molecular flexibility index (Phi) is 3.69. The number of benzene rings is 2. The first kappa shape index (κ1) is 13.4. The molecule has 2 aromatic carbocycles. The predicted molar refractivity (Wildman–Crippen MR) is 77.7 cm³/mol. The molecule has 0 fully saturated rings. The number of ether oxygens (including phenoxy) is 1. The van der Waals surface area contributed by atoms with Crippen molar-refractivity contribution in [2.75, 3.05) is 7.11 Å². The third kappa shape index (κ3) is 2.94. The van der Waals surface area contributed by atoms with Gasteiger partial charge in [0, 0.05) is 12.0 Å². The van der Waals surface area contributed by atoms with E-state index < -0.39 is 5.82 Å². The van der Waals surface area contributed by atoms with E-state index in [-0.39, 0.29) is 5.75 Å². The maximum Gasteiger partial charge on any atom is 0.199 e. The van der Waals surface area contributed by atoms with Gasteiger partial charge in [0.05, 0.1) is 13.3 Å². The molecule has 21 heavy (non-hydrogen) atoms. The summed E-state index contributed by atoms with van der Waals surface area (Å²) in [6.07, 6.45) is 2.22. The smallest absolute Gasteiger partial charge is 0.199 e. The van der Waals surface area contributed by atoms with Gasteiger partial charge in [0.2, 0.25) is 0 Å². The van der Waals surface area contributed by atoms with E-state index in [4.69, 9.17) is 9.15 Å². The lowest BCUT2D eigenvalue weighted by Crippen LogP contribution is -1.88. The van der Waals surface area contributed by atoms with Crippen molar-refractivity contribution < 1.29 is 13.5 Å². The summed E-state index contributed by atoms with van der Waals surface area (Å²) in [5, 5.41) is 0. The van der Waals surface area contributed by atoms with Gasteiger partial charge in [-0.2, -0.15) is 0 Å². The van der Waals surface area contributed by atoms with Gasteiger partial charge < -0.3 is 9.15 Å². The van der Waals surface area contributed by atoms with Crippen molar-refractivity contribution in [2.45, 2.75) is 6.42 Å². The van der Waals surface area contributed by atoms with Crippen LogP contribution in [0, 0.1) is 5.82 Å². The van der Waals surface area contributed by atoms with Gasteiger partial charge in [0.25, 0.3) is 0 Å². The SMILES string of the molecule is COc1ccc(-c2cnc(Cc3ccccc3)o2)cc1F. The van der Waals surface area contributed by atoms with Crippen molar-refractivity contribution >= 4 is 0 Å². The lowest BCUT2D eigenvalue weighted by molar-refractivity contribution is 0.386. The van der Waals surface area contributed by atoms with Gasteiger partial charge in [-0.3, -0.25) is 0 Å². The van der Waals surface area contributed by atoms with Gasteiger partial charge >= 0.3 is 0 Å². The standard InChI is InChI=1S/C17H14FNO2/c1-20-15-8-7-13(10-14(15)18)16-11-19-17(21-16)9-12-5-3-2-4-6-12/h2-8,10-11H,9H2,1H3. The van der Waals surface area contributed by atoms with Crippen LogP contribution in [0.4, 0.5) is 4.39 Å². The Labute approximate surface area is 122 Å². The third-order valence-electron chi connectivity index (χ3n) is 3.19. The molecule has 0 radical (unpaired) electrons. The minimum absolute atomic E-state index is 0.211. The van der Waals surface area contributed by atoms with Crippen LogP contribution in [0.3, 0.4) is 0 Å².